The highest BCUT2D eigenvalue weighted by Crippen LogP contribution is 2.31. The molecule has 2 N–H and O–H groups in total. The van der Waals surface area contributed by atoms with Gasteiger partial charge < -0.3 is 10.2 Å². The first-order valence-corrected chi connectivity index (χ1v) is 10.7. The Balaban J connectivity index is 1.60. The minimum absolute atomic E-state index is 0.0962. The molecule has 0 amide bonds. The summed E-state index contributed by atoms with van der Waals surface area (Å²) in [4.78, 5) is 26.3. The van der Waals surface area contributed by atoms with E-state index in [4.69, 9.17) is 15.2 Å². The maximum atomic E-state index is 13.5. The van der Waals surface area contributed by atoms with Gasteiger partial charge in [0.25, 0.3) is 0 Å². The molecule has 0 atom stereocenters. The zero-order valence-electron chi connectivity index (χ0n) is 17.9. The third-order valence-corrected chi connectivity index (χ3v) is 5.72. The smallest absolute Gasteiger partial charge is 0.200 e. The van der Waals surface area contributed by atoms with Gasteiger partial charge in [-0.25, -0.2) is 14.6 Å². The van der Waals surface area contributed by atoms with Crippen LogP contribution in [-0.4, -0.2) is 24.7 Å². The number of rotatable bonds is 4. The van der Waals surface area contributed by atoms with Gasteiger partial charge in [0.05, 0.1) is 16.3 Å². The van der Waals surface area contributed by atoms with Crippen molar-refractivity contribution in [1.29, 1.82) is 0 Å². The predicted molar refractivity (Wildman–Crippen MR) is 130 cm³/mol. The SMILES string of the molecule is Nc1ncnc2c1c(-c1cccnc1)nn2Cc1oc2ccccc2c(=O)c1-c1ccccc1. The molecule has 0 saturated heterocycles. The minimum Gasteiger partial charge on any atom is -0.458 e. The highest BCUT2D eigenvalue weighted by atomic mass is 16.3. The number of aromatic nitrogens is 5. The van der Waals surface area contributed by atoms with E-state index in [2.05, 4.69) is 15.0 Å². The van der Waals surface area contributed by atoms with E-state index < -0.39 is 0 Å². The van der Waals surface area contributed by atoms with Gasteiger partial charge in [-0.1, -0.05) is 42.5 Å². The Morgan fingerprint density at radius 1 is 0.912 bits per heavy atom. The first-order chi connectivity index (χ1) is 16.7. The lowest BCUT2D eigenvalue weighted by atomic mass is 10.0. The van der Waals surface area contributed by atoms with Gasteiger partial charge in [0.15, 0.2) is 5.65 Å². The van der Waals surface area contributed by atoms with E-state index in [-0.39, 0.29) is 12.0 Å². The molecular formula is C26H18N6O2. The van der Waals surface area contributed by atoms with Crippen LogP contribution in [0.2, 0.25) is 0 Å². The molecule has 8 heteroatoms. The Morgan fingerprint density at radius 3 is 2.53 bits per heavy atom. The first kappa shape index (κ1) is 19.8. The standard InChI is InChI=1S/C26H18N6O2/c27-25-22-23(17-9-6-12-28-13-17)31-32(26(22)30-15-29-25)14-20-21(16-7-2-1-3-8-16)24(33)18-10-4-5-11-19(18)34-20/h1-13,15H,14H2,(H2,27,29,30). The molecule has 4 aromatic heterocycles. The number of nitrogens with zero attached hydrogens (tertiary/aromatic N) is 5. The highest BCUT2D eigenvalue weighted by Gasteiger charge is 2.21. The summed E-state index contributed by atoms with van der Waals surface area (Å²) in [6.45, 7) is 0.178. The molecule has 34 heavy (non-hydrogen) atoms. The number of nitrogens with two attached hydrogens (primary N) is 1. The Labute approximate surface area is 193 Å². The normalized spacial score (nSPS) is 11.3. The largest absolute Gasteiger partial charge is 0.458 e. The third kappa shape index (κ3) is 3.20. The van der Waals surface area contributed by atoms with Crippen LogP contribution >= 0.6 is 0 Å². The van der Waals surface area contributed by atoms with E-state index in [1.54, 1.807) is 29.2 Å². The summed E-state index contributed by atoms with van der Waals surface area (Å²) in [7, 11) is 0. The molecular weight excluding hydrogens is 428 g/mol. The Bertz CT molecular complexity index is 1710. The second-order valence-electron chi connectivity index (χ2n) is 7.80. The van der Waals surface area contributed by atoms with Crippen molar-refractivity contribution in [3.8, 4) is 22.4 Å². The van der Waals surface area contributed by atoms with E-state index in [1.807, 2.05) is 54.6 Å². The lowest BCUT2D eigenvalue weighted by Crippen LogP contribution is -2.12. The van der Waals surface area contributed by atoms with E-state index in [1.165, 1.54) is 6.33 Å². The number of anilines is 1. The molecule has 8 nitrogen and oxygen atoms in total. The van der Waals surface area contributed by atoms with Crippen molar-refractivity contribution in [3.05, 3.63) is 101 Å². The van der Waals surface area contributed by atoms with Crippen molar-refractivity contribution in [3.63, 3.8) is 0 Å². The lowest BCUT2D eigenvalue weighted by Gasteiger charge is -2.11. The summed E-state index contributed by atoms with van der Waals surface area (Å²) < 4.78 is 7.97. The molecule has 0 radical (unpaired) electrons. The van der Waals surface area contributed by atoms with E-state index in [0.29, 0.717) is 44.8 Å². The summed E-state index contributed by atoms with van der Waals surface area (Å²) >= 11 is 0. The zero-order valence-corrected chi connectivity index (χ0v) is 17.9. The molecule has 2 aromatic carbocycles. The molecule has 0 spiro atoms. The summed E-state index contributed by atoms with van der Waals surface area (Å²) in [5.74, 6) is 0.799. The van der Waals surface area contributed by atoms with Gasteiger partial charge in [0.2, 0.25) is 5.43 Å². The van der Waals surface area contributed by atoms with Crippen molar-refractivity contribution in [1.82, 2.24) is 24.7 Å². The monoisotopic (exact) mass is 446 g/mol. The quantitative estimate of drug-likeness (QED) is 0.430. The topological polar surface area (TPSA) is 113 Å². The predicted octanol–water partition coefficient (Wildman–Crippen LogP) is 4.29. The molecule has 0 unspecified atom stereocenters. The number of nitrogen functional groups attached to an aromatic ring is 1. The molecule has 0 aliphatic rings. The molecule has 0 fully saturated rings. The molecule has 6 aromatic rings. The number of para-hydroxylation sites is 1. The fourth-order valence-electron chi connectivity index (χ4n) is 4.18. The van der Waals surface area contributed by atoms with Crippen molar-refractivity contribution >= 4 is 27.8 Å². The first-order valence-electron chi connectivity index (χ1n) is 10.7. The van der Waals surface area contributed by atoms with Crippen molar-refractivity contribution in [2.45, 2.75) is 6.54 Å². The van der Waals surface area contributed by atoms with Crippen LogP contribution in [0.1, 0.15) is 5.76 Å². The Hall–Kier alpha value is -4.85. The van der Waals surface area contributed by atoms with Gasteiger partial charge in [-0.15, -0.1) is 0 Å². The van der Waals surface area contributed by atoms with Crippen LogP contribution in [0.5, 0.6) is 0 Å². The minimum atomic E-state index is -0.0962. The number of hydrogen-bond donors (Lipinski definition) is 1. The van der Waals surface area contributed by atoms with Crippen molar-refractivity contribution in [2.24, 2.45) is 0 Å². The Kier molecular flexibility index (Phi) is 4.62. The zero-order chi connectivity index (χ0) is 23.1. The molecule has 164 valence electrons. The van der Waals surface area contributed by atoms with Crippen molar-refractivity contribution < 1.29 is 4.42 Å². The van der Waals surface area contributed by atoms with Gasteiger partial charge in [-0.3, -0.25) is 9.78 Å². The van der Waals surface area contributed by atoms with E-state index in [0.717, 1.165) is 11.1 Å². The number of benzene rings is 2. The fourth-order valence-corrected chi connectivity index (χ4v) is 4.18. The maximum Gasteiger partial charge on any atom is 0.200 e. The van der Waals surface area contributed by atoms with Crippen LogP contribution in [0, 0.1) is 0 Å². The van der Waals surface area contributed by atoms with E-state index in [9.17, 15) is 4.79 Å². The third-order valence-electron chi connectivity index (χ3n) is 5.72. The lowest BCUT2D eigenvalue weighted by molar-refractivity contribution is 0.506. The van der Waals surface area contributed by atoms with Gasteiger partial charge >= 0.3 is 0 Å². The van der Waals surface area contributed by atoms with Gasteiger partial charge in [0.1, 0.15) is 35.7 Å². The van der Waals surface area contributed by atoms with Crippen LogP contribution in [-0.2, 0) is 6.54 Å². The maximum absolute atomic E-state index is 13.5. The van der Waals surface area contributed by atoms with Gasteiger partial charge in [-0.05, 0) is 29.8 Å². The summed E-state index contributed by atoms with van der Waals surface area (Å²) in [6, 6.07) is 20.5. The van der Waals surface area contributed by atoms with Crippen LogP contribution < -0.4 is 11.2 Å². The Morgan fingerprint density at radius 2 is 1.71 bits per heavy atom. The number of hydrogen-bond acceptors (Lipinski definition) is 7. The molecule has 4 heterocycles. The second kappa shape index (κ2) is 7.93. The summed E-state index contributed by atoms with van der Waals surface area (Å²) in [6.07, 6.45) is 4.81. The summed E-state index contributed by atoms with van der Waals surface area (Å²) in [5, 5.41) is 5.94. The second-order valence-corrected chi connectivity index (χ2v) is 7.80. The molecule has 0 bridgehead atoms. The van der Waals surface area contributed by atoms with Gasteiger partial charge in [-0.2, -0.15) is 5.10 Å². The molecule has 6 rings (SSSR count). The van der Waals surface area contributed by atoms with Gasteiger partial charge in [0, 0.05) is 18.0 Å². The van der Waals surface area contributed by atoms with Crippen LogP contribution in [0.3, 0.4) is 0 Å². The number of fused-ring (bicyclic) bond motifs is 2. The fraction of sp³-hybridized carbons (Fsp3) is 0.0385. The molecule has 0 aliphatic carbocycles. The average molecular weight is 446 g/mol. The summed E-state index contributed by atoms with van der Waals surface area (Å²) in [5.41, 5.74) is 9.85. The van der Waals surface area contributed by atoms with Crippen LogP contribution in [0.25, 0.3) is 44.4 Å². The molecule has 0 aliphatic heterocycles. The van der Waals surface area contributed by atoms with Crippen LogP contribution in [0.15, 0.2) is 94.7 Å². The highest BCUT2D eigenvalue weighted by molar-refractivity contribution is 5.98. The number of pyridine rings is 1. The molecule has 0 saturated carbocycles. The van der Waals surface area contributed by atoms with E-state index >= 15 is 0 Å². The van der Waals surface area contributed by atoms with Crippen LogP contribution in [0.4, 0.5) is 5.82 Å². The average Bonchev–Trinajstić information content (AvgIpc) is 3.25. The van der Waals surface area contributed by atoms with Crippen molar-refractivity contribution in [2.75, 3.05) is 5.73 Å².